The molecule has 2 N–H and O–H groups in total. The van der Waals surface area contributed by atoms with Gasteiger partial charge in [0.25, 0.3) is 0 Å². The summed E-state index contributed by atoms with van der Waals surface area (Å²) in [5, 5.41) is 19.4. The van der Waals surface area contributed by atoms with Crippen LogP contribution >= 0.6 is 0 Å². The first kappa shape index (κ1) is 25.4. The Morgan fingerprint density at radius 2 is 1.27 bits per heavy atom. The molecule has 0 spiro atoms. The summed E-state index contributed by atoms with van der Waals surface area (Å²) < 4.78 is 0.553. The molecule has 0 aliphatic rings. The predicted octanol–water partition coefficient (Wildman–Crippen LogP) is 5.38. The topological polar surface area (TPSA) is 57.5 Å². The van der Waals surface area contributed by atoms with Gasteiger partial charge in [-0.15, -0.1) is 0 Å². The average Bonchev–Trinajstić information content (AvgIpc) is 2.53. The van der Waals surface area contributed by atoms with E-state index in [9.17, 15) is 9.90 Å². The van der Waals surface area contributed by atoms with Gasteiger partial charge in [-0.3, -0.25) is 4.79 Å². The molecular formula is C22H46NO3+. The Hall–Kier alpha value is -0.610. The van der Waals surface area contributed by atoms with E-state index in [0.29, 0.717) is 17.6 Å². The Labute approximate surface area is 162 Å². The third kappa shape index (κ3) is 16.8. The molecule has 0 heterocycles. The maximum atomic E-state index is 10.7. The fourth-order valence-electron chi connectivity index (χ4n) is 3.83. The highest BCUT2D eigenvalue weighted by molar-refractivity contribution is 5.66. The highest BCUT2D eigenvalue weighted by Gasteiger charge is 2.30. The molecule has 0 aromatic rings. The zero-order chi connectivity index (χ0) is 19.9. The van der Waals surface area contributed by atoms with Crippen molar-refractivity contribution in [3.63, 3.8) is 0 Å². The Bertz CT molecular complexity index is 353. The number of aliphatic hydroxyl groups is 1. The van der Waals surface area contributed by atoms with Gasteiger partial charge in [-0.2, -0.15) is 0 Å². The van der Waals surface area contributed by atoms with Gasteiger partial charge in [-0.25, -0.2) is 0 Å². The molecule has 0 saturated carbocycles. The number of nitrogens with zero attached hydrogens (tertiary/aromatic N) is 1. The van der Waals surface area contributed by atoms with Gasteiger partial charge in [0.15, 0.2) is 0 Å². The lowest BCUT2D eigenvalue weighted by Gasteiger charge is -2.36. The van der Waals surface area contributed by atoms with E-state index in [1.807, 2.05) is 21.0 Å². The number of carboxylic acids is 1. The molecule has 1 atom stereocenters. The largest absolute Gasteiger partial charge is 0.481 e. The van der Waals surface area contributed by atoms with Gasteiger partial charge in [0.1, 0.15) is 12.1 Å². The van der Waals surface area contributed by atoms with Gasteiger partial charge >= 0.3 is 5.97 Å². The van der Waals surface area contributed by atoms with Gasteiger partial charge in [0, 0.05) is 0 Å². The lowest BCUT2D eigenvalue weighted by atomic mass is 9.96. The van der Waals surface area contributed by atoms with Gasteiger partial charge in [0.2, 0.25) is 0 Å². The van der Waals surface area contributed by atoms with Crippen molar-refractivity contribution in [2.45, 2.75) is 109 Å². The van der Waals surface area contributed by atoms with Crippen LogP contribution < -0.4 is 0 Å². The van der Waals surface area contributed by atoms with Crippen LogP contribution in [-0.2, 0) is 4.79 Å². The number of unbranched alkanes of at least 4 members (excludes halogenated alkanes) is 11. The standard InChI is InChI=1S/C22H45NO3/c1-5-6-7-8-9-10-11-12-13-14-15-16-18-22(2,26)20-23(3,4)19-17-21(24)25/h26H,5-20H2,1-4H3/p+1. The molecule has 0 aromatic heterocycles. The highest BCUT2D eigenvalue weighted by atomic mass is 16.4. The summed E-state index contributed by atoms with van der Waals surface area (Å²) in [7, 11) is 4.00. The molecule has 0 aromatic carbocycles. The van der Waals surface area contributed by atoms with E-state index in [1.54, 1.807) is 0 Å². The van der Waals surface area contributed by atoms with Crippen molar-refractivity contribution >= 4 is 5.97 Å². The van der Waals surface area contributed by atoms with Crippen LogP contribution in [0.5, 0.6) is 0 Å². The van der Waals surface area contributed by atoms with Gasteiger partial charge in [0.05, 0.1) is 27.1 Å². The van der Waals surface area contributed by atoms with Gasteiger partial charge in [-0.1, -0.05) is 84.0 Å². The summed E-state index contributed by atoms with van der Waals surface area (Å²) in [6, 6.07) is 0. The molecule has 4 nitrogen and oxygen atoms in total. The van der Waals surface area contributed by atoms with E-state index < -0.39 is 11.6 Å². The lowest BCUT2D eigenvalue weighted by Crippen LogP contribution is -2.51. The summed E-state index contributed by atoms with van der Waals surface area (Å²) in [5.41, 5.74) is -0.708. The SMILES string of the molecule is CCCCCCCCCCCCCCC(C)(O)C[N+](C)(C)CCC(=O)O. The van der Waals surface area contributed by atoms with Gasteiger partial charge in [-0.05, 0) is 13.3 Å². The van der Waals surface area contributed by atoms with E-state index in [4.69, 9.17) is 5.11 Å². The van der Waals surface area contributed by atoms with Crippen molar-refractivity contribution in [3.05, 3.63) is 0 Å². The monoisotopic (exact) mass is 372 g/mol. The quantitative estimate of drug-likeness (QED) is 0.251. The Morgan fingerprint density at radius 3 is 1.69 bits per heavy atom. The summed E-state index contributed by atoms with van der Waals surface area (Å²) in [4.78, 5) is 10.7. The molecule has 0 radical (unpaired) electrons. The second kappa shape index (κ2) is 14.4. The minimum absolute atomic E-state index is 0.154. The van der Waals surface area contributed by atoms with E-state index in [-0.39, 0.29) is 6.42 Å². The molecule has 1 unspecified atom stereocenters. The minimum Gasteiger partial charge on any atom is -0.481 e. The van der Waals surface area contributed by atoms with Crippen LogP contribution in [0.4, 0.5) is 0 Å². The number of carboxylic acid groups (broad SMARTS) is 1. The van der Waals surface area contributed by atoms with Crippen LogP contribution in [0.1, 0.15) is 104 Å². The highest BCUT2D eigenvalue weighted by Crippen LogP contribution is 2.20. The van der Waals surface area contributed by atoms with E-state index in [1.165, 1.54) is 70.6 Å². The van der Waals surface area contributed by atoms with Crippen LogP contribution in [0, 0.1) is 0 Å². The number of hydrogen-bond donors (Lipinski definition) is 2. The molecule has 0 rings (SSSR count). The summed E-state index contributed by atoms with van der Waals surface area (Å²) in [5.74, 6) is -0.767. The van der Waals surface area contributed by atoms with Crippen LogP contribution in [0.15, 0.2) is 0 Å². The lowest BCUT2D eigenvalue weighted by molar-refractivity contribution is -0.896. The summed E-state index contributed by atoms with van der Waals surface area (Å²) in [6.45, 7) is 5.33. The number of aliphatic carboxylic acids is 1. The maximum absolute atomic E-state index is 10.7. The van der Waals surface area contributed by atoms with E-state index >= 15 is 0 Å². The summed E-state index contributed by atoms with van der Waals surface area (Å²) in [6.07, 6.45) is 16.8. The number of likely N-dealkylation sites (N-methyl/N-ethyl adjacent to an activating group) is 1. The van der Waals surface area contributed by atoms with Crippen molar-refractivity contribution in [1.29, 1.82) is 0 Å². The van der Waals surface area contributed by atoms with E-state index in [2.05, 4.69) is 6.92 Å². The van der Waals surface area contributed by atoms with Crippen LogP contribution in [0.2, 0.25) is 0 Å². The first-order valence-corrected chi connectivity index (χ1v) is 10.9. The Kier molecular flexibility index (Phi) is 14.1. The fraction of sp³-hybridized carbons (Fsp3) is 0.955. The third-order valence-corrected chi connectivity index (χ3v) is 5.27. The number of rotatable bonds is 18. The van der Waals surface area contributed by atoms with Crippen molar-refractivity contribution in [2.24, 2.45) is 0 Å². The maximum Gasteiger partial charge on any atom is 0.309 e. The fourth-order valence-corrected chi connectivity index (χ4v) is 3.83. The molecule has 0 bridgehead atoms. The normalized spacial score (nSPS) is 14.3. The molecular weight excluding hydrogens is 326 g/mol. The molecule has 156 valence electrons. The van der Waals surface area contributed by atoms with Crippen LogP contribution in [-0.4, -0.2) is 53.5 Å². The van der Waals surface area contributed by atoms with Crippen LogP contribution in [0.3, 0.4) is 0 Å². The zero-order valence-corrected chi connectivity index (χ0v) is 18.1. The average molecular weight is 373 g/mol. The molecule has 0 aliphatic heterocycles. The number of carbonyl (C=O) groups is 1. The van der Waals surface area contributed by atoms with Crippen molar-refractivity contribution < 1.29 is 19.5 Å². The smallest absolute Gasteiger partial charge is 0.309 e. The minimum atomic E-state index is -0.767. The molecule has 0 aliphatic carbocycles. The van der Waals surface area contributed by atoms with E-state index in [0.717, 1.165) is 12.8 Å². The number of hydrogen-bond acceptors (Lipinski definition) is 2. The van der Waals surface area contributed by atoms with Crippen molar-refractivity contribution in [3.8, 4) is 0 Å². The zero-order valence-electron chi connectivity index (χ0n) is 18.1. The second-order valence-corrected chi connectivity index (χ2v) is 9.10. The third-order valence-electron chi connectivity index (χ3n) is 5.27. The molecule has 0 amide bonds. The first-order chi connectivity index (χ1) is 12.2. The Morgan fingerprint density at radius 1 is 0.846 bits per heavy atom. The van der Waals surface area contributed by atoms with Crippen LogP contribution in [0.25, 0.3) is 0 Å². The first-order valence-electron chi connectivity index (χ1n) is 10.9. The molecule has 0 saturated heterocycles. The Balaban J connectivity index is 3.62. The second-order valence-electron chi connectivity index (χ2n) is 9.10. The molecule has 26 heavy (non-hydrogen) atoms. The van der Waals surface area contributed by atoms with Crippen molar-refractivity contribution in [1.82, 2.24) is 0 Å². The predicted molar refractivity (Wildman–Crippen MR) is 110 cm³/mol. The van der Waals surface area contributed by atoms with Crippen molar-refractivity contribution in [2.75, 3.05) is 27.2 Å². The van der Waals surface area contributed by atoms with Gasteiger partial charge < -0.3 is 14.7 Å². The molecule has 0 fully saturated rings. The molecule has 4 heteroatoms. The number of quaternary nitrogens is 1. The summed E-state index contributed by atoms with van der Waals surface area (Å²) >= 11 is 0.